The molecular weight excluding hydrogens is 376 g/mol. The van der Waals surface area contributed by atoms with E-state index in [9.17, 15) is 4.79 Å². The topological polar surface area (TPSA) is 44.1 Å². The van der Waals surface area contributed by atoms with Crippen LogP contribution in [0, 0.1) is 0 Å². The number of rotatable bonds is 5. The lowest BCUT2D eigenvalue weighted by Gasteiger charge is -2.19. The number of carbonyl (C=O) groups excluding carboxylic acids is 1. The zero-order chi connectivity index (χ0) is 15.2. The maximum absolute atomic E-state index is 11.8. The third-order valence-corrected chi connectivity index (χ3v) is 4.19. The number of aromatic nitrogens is 2. The van der Waals surface area contributed by atoms with Crippen LogP contribution in [0.1, 0.15) is 18.6 Å². The van der Waals surface area contributed by atoms with Gasteiger partial charge < -0.3 is 9.30 Å². The Kier molecular flexibility index (Phi) is 6.14. The Labute approximate surface area is 141 Å². The Hall–Kier alpha value is -0.980. The van der Waals surface area contributed by atoms with Gasteiger partial charge in [-0.1, -0.05) is 40.5 Å². The van der Waals surface area contributed by atoms with E-state index in [0.29, 0.717) is 17.3 Å². The van der Waals surface area contributed by atoms with Crippen LogP contribution in [0.3, 0.4) is 0 Å². The highest BCUT2D eigenvalue weighted by atomic mass is 79.9. The van der Waals surface area contributed by atoms with Crippen LogP contribution < -0.4 is 0 Å². The number of hydrogen-bond donors (Lipinski definition) is 0. The second kappa shape index (κ2) is 7.87. The zero-order valence-corrected chi connectivity index (χ0v) is 14.5. The summed E-state index contributed by atoms with van der Waals surface area (Å²) in [5.41, 5.74) is 0.776. The van der Waals surface area contributed by atoms with E-state index in [-0.39, 0.29) is 5.30 Å². The van der Waals surface area contributed by atoms with Crippen LogP contribution >= 0.6 is 39.3 Å². The zero-order valence-electron chi connectivity index (χ0n) is 11.3. The number of ether oxygens (including phenoxy) is 1. The van der Waals surface area contributed by atoms with Gasteiger partial charge in [0.25, 0.3) is 0 Å². The molecule has 2 aromatic rings. The largest absolute Gasteiger partial charge is 0.447 e. The van der Waals surface area contributed by atoms with Crippen LogP contribution in [0.2, 0.25) is 5.02 Å². The third-order valence-electron chi connectivity index (χ3n) is 2.75. The molecule has 0 aliphatic heterocycles. The number of nitrogens with zero attached hydrogens (tertiary/aromatic N) is 2. The number of halogens is 2. The molecule has 1 atom stereocenters. The average molecular weight is 390 g/mol. The summed E-state index contributed by atoms with van der Waals surface area (Å²) in [6.45, 7) is 2.38. The molecule has 1 unspecified atom stereocenters. The first-order chi connectivity index (χ1) is 10.1. The second-order valence-electron chi connectivity index (χ2n) is 4.21. The van der Waals surface area contributed by atoms with Gasteiger partial charge in [0.05, 0.1) is 12.9 Å². The standard InChI is InChI=1S/C14H14BrClN2O2S/c1-2-21-14(19)20-13(8-18-6-5-17-9-18)11-4-3-10(15)7-12(11)16/h3-7,9,13H,2,8H2,1H3. The van der Waals surface area contributed by atoms with Gasteiger partial charge in [0.1, 0.15) is 6.10 Å². The average Bonchev–Trinajstić information content (AvgIpc) is 2.91. The normalized spacial score (nSPS) is 12.1. The highest BCUT2D eigenvalue weighted by Gasteiger charge is 2.20. The molecule has 1 aromatic carbocycles. The van der Waals surface area contributed by atoms with Gasteiger partial charge in [0.15, 0.2) is 0 Å². The van der Waals surface area contributed by atoms with Crippen LogP contribution in [0.25, 0.3) is 0 Å². The van der Waals surface area contributed by atoms with Crippen LogP contribution in [0.5, 0.6) is 0 Å². The molecule has 0 spiro atoms. The molecule has 0 bridgehead atoms. The summed E-state index contributed by atoms with van der Waals surface area (Å²) < 4.78 is 8.28. The Balaban J connectivity index is 2.23. The molecule has 4 nitrogen and oxygen atoms in total. The Morgan fingerprint density at radius 3 is 3.00 bits per heavy atom. The van der Waals surface area contributed by atoms with Crippen molar-refractivity contribution in [3.63, 3.8) is 0 Å². The number of thioether (sulfide) groups is 1. The van der Waals surface area contributed by atoms with Gasteiger partial charge in [0, 0.05) is 33.2 Å². The molecule has 0 N–H and O–H groups in total. The van der Waals surface area contributed by atoms with Gasteiger partial charge in [-0.3, -0.25) is 0 Å². The second-order valence-corrected chi connectivity index (χ2v) is 6.74. The van der Waals surface area contributed by atoms with Gasteiger partial charge in [-0.05, 0) is 23.9 Å². The van der Waals surface area contributed by atoms with E-state index in [1.807, 2.05) is 29.8 Å². The van der Waals surface area contributed by atoms with Crippen molar-refractivity contribution in [2.24, 2.45) is 0 Å². The number of carbonyl (C=O) groups is 1. The van der Waals surface area contributed by atoms with Gasteiger partial charge >= 0.3 is 5.30 Å². The molecule has 7 heteroatoms. The highest BCUT2D eigenvalue weighted by Crippen LogP contribution is 2.31. The van der Waals surface area contributed by atoms with Crippen molar-refractivity contribution < 1.29 is 9.53 Å². The molecule has 0 saturated carbocycles. The summed E-state index contributed by atoms with van der Waals surface area (Å²) in [7, 11) is 0. The van der Waals surface area contributed by atoms with Crippen molar-refractivity contribution in [1.29, 1.82) is 0 Å². The SMILES string of the molecule is CCSC(=O)OC(Cn1ccnc1)c1ccc(Br)cc1Cl. The minimum Gasteiger partial charge on any atom is -0.447 e. The van der Waals surface area contributed by atoms with Gasteiger partial charge in [-0.25, -0.2) is 9.78 Å². The molecule has 2 rings (SSSR count). The molecule has 0 aliphatic rings. The highest BCUT2D eigenvalue weighted by molar-refractivity contribution is 9.10. The van der Waals surface area contributed by atoms with Crippen LogP contribution in [0.15, 0.2) is 41.4 Å². The minimum absolute atomic E-state index is 0.304. The van der Waals surface area contributed by atoms with Crippen LogP contribution in [-0.4, -0.2) is 20.6 Å². The monoisotopic (exact) mass is 388 g/mol. The van der Waals surface area contributed by atoms with E-state index in [4.69, 9.17) is 16.3 Å². The number of imidazole rings is 1. The maximum Gasteiger partial charge on any atom is 0.367 e. The molecular formula is C14H14BrClN2O2S. The lowest BCUT2D eigenvalue weighted by molar-refractivity contribution is 0.111. The molecule has 0 amide bonds. The molecule has 0 fully saturated rings. The van der Waals surface area contributed by atoms with Crippen molar-refractivity contribution >= 4 is 44.6 Å². The molecule has 1 aromatic heterocycles. The van der Waals surface area contributed by atoms with Crippen molar-refractivity contribution in [1.82, 2.24) is 9.55 Å². The first-order valence-corrected chi connectivity index (χ1v) is 8.50. The molecule has 21 heavy (non-hydrogen) atoms. The summed E-state index contributed by atoms with van der Waals surface area (Å²) in [6, 6.07) is 5.53. The van der Waals surface area contributed by atoms with E-state index < -0.39 is 6.10 Å². The summed E-state index contributed by atoms with van der Waals surface area (Å²) in [5.74, 6) is 0.671. The van der Waals surface area contributed by atoms with Gasteiger partial charge in [-0.2, -0.15) is 0 Å². The molecule has 0 radical (unpaired) electrons. The van der Waals surface area contributed by atoms with E-state index in [0.717, 1.165) is 21.8 Å². The molecule has 112 valence electrons. The fraction of sp³-hybridized carbons (Fsp3) is 0.286. The summed E-state index contributed by atoms with van der Waals surface area (Å²) in [4.78, 5) is 15.8. The number of hydrogen-bond acceptors (Lipinski definition) is 4. The van der Waals surface area contributed by atoms with Gasteiger partial charge in [-0.15, -0.1) is 0 Å². The van der Waals surface area contributed by atoms with Crippen LogP contribution in [-0.2, 0) is 11.3 Å². The van der Waals surface area contributed by atoms with Crippen molar-refractivity contribution in [2.75, 3.05) is 5.75 Å². The molecule has 1 heterocycles. The minimum atomic E-state index is -0.452. The van der Waals surface area contributed by atoms with Crippen molar-refractivity contribution in [3.05, 3.63) is 52.0 Å². The van der Waals surface area contributed by atoms with Crippen molar-refractivity contribution in [2.45, 2.75) is 19.6 Å². The van der Waals surface area contributed by atoms with Crippen molar-refractivity contribution in [3.8, 4) is 0 Å². The lowest BCUT2D eigenvalue weighted by Crippen LogP contribution is -2.14. The third kappa shape index (κ3) is 4.76. The summed E-state index contributed by atoms with van der Waals surface area (Å²) >= 11 is 10.8. The fourth-order valence-electron chi connectivity index (χ4n) is 1.82. The predicted octanol–water partition coefficient (Wildman–Crippen LogP) is 4.93. The summed E-state index contributed by atoms with van der Waals surface area (Å²) in [5, 5.41) is 0.255. The predicted molar refractivity (Wildman–Crippen MR) is 88.7 cm³/mol. The Bertz CT molecular complexity index is 607. The first-order valence-electron chi connectivity index (χ1n) is 6.34. The quantitative estimate of drug-likeness (QED) is 0.680. The Morgan fingerprint density at radius 1 is 1.57 bits per heavy atom. The summed E-state index contributed by atoms with van der Waals surface area (Å²) in [6.07, 6.45) is 4.73. The fourth-order valence-corrected chi connectivity index (χ4v) is 3.03. The van der Waals surface area contributed by atoms with Gasteiger partial charge in [0.2, 0.25) is 0 Å². The Morgan fingerprint density at radius 2 is 2.38 bits per heavy atom. The maximum atomic E-state index is 11.8. The van der Waals surface area contributed by atoms with Crippen LogP contribution in [0.4, 0.5) is 4.79 Å². The molecule has 0 saturated heterocycles. The molecule has 0 aliphatic carbocycles. The number of benzene rings is 1. The smallest absolute Gasteiger partial charge is 0.367 e. The van der Waals surface area contributed by atoms with E-state index in [1.165, 1.54) is 0 Å². The van der Waals surface area contributed by atoms with E-state index >= 15 is 0 Å². The van der Waals surface area contributed by atoms with E-state index in [1.54, 1.807) is 18.6 Å². The lowest BCUT2D eigenvalue weighted by atomic mass is 10.1. The first kappa shape index (κ1) is 16.4. The van der Waals surface area contributed by atoms with E-state index in [2.05, 4.69) is 20.9 Å².